The molecule has 0 saturated heterocycles. The van der Waals surface area contributed by atoms with Crippen molar-refractivity contribution >= 4 is 22.4 Å². The van der Waals surface area contributed by atoms with Crippen LogP contribution in [0.5, 0.6) is 0 Å². The van der Waals surface area contributed by atoms with E-state index in [1.165, 1.54) is 0 Å². The minimum absolute atomic E-state index is 0.0706. The van der Waals surface area contributed by atoms with Crippen LogP contribution in [0.15, 0.2) is 36.4 Å². The third-order valence-electron chi connectivity index (χ3n) is 2.69. The third-order valence-corrected chi connectivity index (χ3v) is 2.69. The zero-order valence-corrected chi connectivity index (χ0v) is 10.9. The Morgan fingerprint density at radius 2 is 1.67 bits per heavy atom. The number of carbonyl (C=O) groups excluding carboxylic acids is 1. The fourth-order valence-electron chi connectivity index (χ4n) is 1.93. The van der Waals surface area contributed by atoms with Crippen LogP contribution in [0.25, 0.3) is 10.8 Å². The van der Waals surface area contributed by atoms with Gasteiger partial charge in [0.2, 0.25) is 0 Å². The molecule has 0 heterocycles. The molecular weight excluding hydrogens is 224 g/mol. The Labute approximate surface area is 107 Å². The van der Waals surface area contributed by atoms with E-state index in [4.69, 9.17) is 5.73 Å². The number of rotatable bonds is 1. The van der Waals surface area contributed by atoms with Crippen molar-refractivity contribution < 1.29 is 4.79 Å². The van der Waals surface area contributed by atoms with Gasteiger partial charge in [0.05, 0.1) is 0 Å². The van der Waals surface area contributed by atoms with Crippen molar-refractivity contribution in [3.05, 3.63) is 42.0 Å². The van der Waals surface area contributed by atoms with Gasteiger partial charge in [0, 0.05) is 22.2 Å². The van der Waals surface area contributed by atoms with Crippen LogP contribution in [0.1, 0.15) is 31.1 Å². The second-order valence-corrected chi connectivity index (χ2v) is 5.45. The Hall–Kier alpha value is -2.03. The highest BCUT2D eigenvalue weighted by Crippen LogP contribution is 2.24. The summed E-state index contributed by atoms with van der Waals surface area (Å²) in [6, 6.07) is 11.2. The molecule has 0 aliphatic carbocycles. The zero-order valence-electron chi connectivity index (χ0n) is 10.9. The van der Waals surface area contributed by atoms with E-state index >= 15 is 0 Å². The van der Waals surface area contributed by atoms with Crippen molar-refractivity contribution in [2.24, 2.45) is 0 Å². The van der Waals surface area contributed by atoms with Gasteiger partial charge in [0.15, 0.2) is 0 Å². The number of hydrogen-bond acceptors (Lipinski definition) is 2. The number of anilines is 1. The number of hydrogen-bond donors (Lipinski definition) is 2. The van der Waals surface area contributed by atoms with Gasteiger partial charge in [-0.2, -0.15) is 0 Å². The molecule has 3 nitrogen and oxygen atoms in total. The van der Waals surface area contributed by atoms with Crippen molar-refractivity contribution in [3.63, 3.8) is 0 Å². The Bertz CT molecular complexity index is 597. The molecule has 18 heavy (non-hydrogen) atoms. The second-order valence-electron chi connectivity index (χ2n) is 5.45. The van der Waals surface area contributed by atoms with Gasteiger partial charge in [-0.25, -0.2) is 0 Å². The number of fused-ring (bicyclic) bond motifs is 1. The van der Waals surface area contributed by atoms with Crippen LogP contribution < -0.4 is 11.1 Å². The minimum Gasteiger partial charge on any atom is -0.398 e. The van der Waals surface area contributed by atoms with Crippen LogP contribution in [0, 0.1) is 0 Å². The van der Waals surface area contributed by atoms with E-state index in [0.717, 1.165) is 10.8 Å². The Balaban J connectivity index is 2.52. The van der Waals surface area contributed by atoms with E-state index in [1.54, 1.807) is 12.1 Å². The van der Waals surface area contributed by atoms with Gasteiger partial charge < -0.3 is 11.1 Å². The quantitative estimate of drug-likeness (QED) is 0.755. The van der Waals surface area contributed by atoms with Crippen LogP contribution in [0.3, 0.4) is 0 Å². The fraction of sp³-hybridized carbons (Fsp3) is 0.267. The summed E-state index contributed by atoms with van der Waals surface area (Å²) >= 11 is 0. The SMILES string of the molecule is CC(C)(C)NC(=O)c1ccc(N)c2ccccc12. The molecule has 0 bridgehead atoms. The molecule has 0 atom stereocenters. The van der Waals surface area contributed by atoms with E-state index in [1.807, 2.05) is 45.0 Å². The molecule has 2 aromatic carbocycles. The summed E-state index contributed by atoms with van der Waals surface area (Å²) in [7, 11) is 0. The summed E-state index contributed by atoms with van der Waals surface area (Å²) in [4.78, 5) is 12.2. The molecular formula is C15H18N2O. The van der Waals surface area contributed by atoms with Crippen molar-refractivity contribution in [2.45, 2.75) is 26.3 Å². The molecule has 0 aliphatic rings. The predicted octanol–water partition coefficient (Wildman–Crippen LogP) is 2.95. The molecule has 0 aromatic heterocycles. The molecule has 2 rings (SSSR count). The summed E-state index contributed by atoms with van der Waals surface area (Å²) in [5.74, 6) is -0.0706. The molecule has 0 saturated carbocycles. The summed E-state index contributed by atoms with van der Waals surface area (Å²) in [5.41, 5.74) is 7.02. The maximum Gasteiger partial charge on any atom is 0.252 e. The van der Waals surface area contributed by atoms with Gasteiger partial charge >= 0.3 is 0 Å². The average Bonchev–Trinajstić information content (AvgIpc) is 2.27. The number of carbonyl (C=O) groups is 1. The molecule has 2 aromatic rings. The number of benzene rings is 2. The number of nitrogens with two attached hydrogens (primary N) is 1. The summed E-state index contributed by atoms with van der Waals surface area (Å²) in [6.07, 6.45) is 0. The topological polar surface area (TPSA) is 55.1 Å². The highest BCUT2D eigenvalue weighted by atomic mass is 16.1. The third kappa shape index (κ3) is 2.45. The van der Waals surface area contributed by atoms with Gasteiger partial charge in [-0.05, 0) is 38.3 Å². The fourth-order valence-corrected chi connectivity index (χ4v) is 1.93. The highest BCUT2D eigenvalue weighted by molar-refractivity contribution is 6.10. The predicted molar refractivity (Wildman–Crippen MR) is 75.6 cm³/mol. The summed E-state index contributed by atoms with van der Waals surface area (Å²) < 4.78 is 0. The number of nitrogens with one attached hydrogen (secondary N) is 1. The molecule has 0 fully saturated rings. The standard InChI is InChI=1S/C15H18N2O/c1-15(2,3)17-14(18)12-8-9-13(16)11-7-5-4-6-10(11)12/h4-9H,16H2,1-3H3,(H,17,18). The smallest absolute Gasteiger partial charge is 0.252 e. The van der Waals surface area contributed by atoms with Crippen molar-refractivity contribution in [2.75, 3.05) is 5.73 Å². The first-order valence-corrected chi connectivity index (χ1v) is 5.98. The number of amides is 1. The summed E-state index contributed by atoms with van der Waals surface area (Å²) in [5, 5.41) is 4.77. The number of nitrogen functional groups attached to an aromatic ring is 1. The highest BCUT2D eigenvalue weighted by Gasteiger charge is 2.17. The molecule has 0 spiro atoms. The van der Waals surface area contributed by atoms with Gasteiger partial charge in [-0.3, -0.25) is 4.79 Å². The normalized spacial score (nSPS) is 11.5. The summed E-state index contributed by atoms with van der Waals surface area (Å²) in [6.45, 7) is 5.89. The molecule has 0 radical (unpaired) electrons. The minimum atomic E-state index is -0.250. The Kier molecular flexibility index (Phi) is 2.99. The van der Waals surface area contributed by atoms with Crippen LogP contribution in [-0.4, -0.2) is 11.4 Å². The first-order valence-electron chi connectivity index (χ1n) is 5.98. The molecule has 3 N–H and O–H groups in total. The van der Waals surface area contributed by atoms with Crippen molar-refractivity contribution in [1.29, 1.82) is 0 Å². The lowest BCUT2D eigenvalue weighted by Crippen LogP contribution is -2.40. The molecule has 1 amide bonds. The van der Waals surface area contributed by atoms with Gasteiger partial charge in [0.25, 0.3) is 5.91 Å². The first-order chi connectivity index (χ1) is 8.38. The van der Waals surface area contributed by atoms with Crippen LogP contribution in [0.4, 0.5) is 5.69 Å². The van der Waals surface area contributed by atoms with E-state index in [-0.39, 0.29) is 11.4 Å². The van der Waals surface area contributed by atoms with Crippen molar-refractivity contribution in [3.8, 4) is 0 Å². The maximum absolute atomic E-state index is 12.2. The lowest BCUT2D eigenvalue weighted by Gasteiger charge is -2.21. The van der Waals surface area contributed by atoms with E-state index < -0.39 is 0 Å². The monoisotopic (exact) mass is 242 g/mol. The second kappa shape index (κ2) is 4.33. The van der Waals surface area contributed by atoms with Gasteiger partial charge in [-0.15, -0.1) is 0 Å². The maximum atomic E-state index is 12.2. The lowest BCUT2D eigenvalue weighted by atomic mass is 10.0. The first kappa shape index (κ1) is 12.4. The van der Waals surface area contributed by atoms with Gasteiger partial charge in [0.1, 0.15) is 0 Å². The largest absolute Gasteiger partial charge is 0.398 e. The molecule has 0 unspecified atom stereocenters. The lowest BCUT2D eigenvalue weighted by molar-refractivity contribution is 0.0921. The zero-order chi connectivity index (χ0) is 13.3. The average molecular weight is 242 g/mol. The molecule has 94 valence electrons. The Morgan fingerprint density at radius 1 is 1.06 bits per heavy atom. The van der Waals surface area contributed by atoms with Crippen LogP contribution >= 0.6 is 0 Å². The Morgan fingerprint density at radius 3 is 2.28 bits per heavy atom. The van der Waals surface area contributed by atoms with E-state index in [0.29, 0.717) is 11.3 Å². The van der Waals surface area contributed by atoms with Crippen molar-refractivity contribution in [1.82, 2.24) is 5.32 Å². The molecule has 3 heteroatoms. The van der Waals surface area contributed by atoms with E-state index in [9.17, 15) is 4.79 Å². The van der Waals surface area contributed by atoms with Crippen LogP contribution in [0.2, 0.25) is 0 Å². The van der Waals surface area contributed by atoms with Crippen LogP contribution in [-0.2, 0) is 0 Å². The molecule has 0 aliphatic heterocycles. The van der Waals surface area contributed by atoms with Gasteiger partial charge in [-0.1, -0.05) is 24.3 Å². The van der Waals surface area contributed by atoms with E-state index in [2.05, 4.69) is 5.32 Å².